The third-order valence-corrected chi connectivity index (χ3v) is 4.85. The fourth-order valence-electron chi connectivity index (χ4n) is 3.19. The summed E-state index contributed by atoms with van der Waals surface area (Å²) in [6.45, 7) is 8.43. The van der Waals surface area contributed by atoms with Crippen molar-refractivity contribution in [2.24, 2.45) is 11.8 Å². The van der Waals surface area contributed by atoms with Crippen LogP contribution in [0.3, 0.4) is 0 Å². The van der Waals surface area contributed by atoms with Crippen LogP contribution in [0.5, 0.6) is 0 Å². The predicted octanol–water partition coefficient (Wildman–Crippen LogP) is -0.147. The van der Waals surface area contributed by atoms with E-state index >= 15 is 0 Å². The van der Waals surface area contributed by atoms with E-state index in [1.54, 1.807) is 13.8 Å². The Labute approximate surface area is 137 Å². The maximum absolute atomic E-state index is 12.6. The zero-order valence-electron chi connectivity index (χ0n) is 14.4. The summed E-state index contributed by atoms with van der Waals surface area (Å²) < 4.78 is 5.26. The molecule has 4 unspecified atom stereocenters. The number of nitrogens with one attached hydrogen (secondary N) is 1. The van der Waals surface area contributed by atoms with Gasteiger partial charge in [0.15, 0.2) is 0 Å². The molecule has 0 aromatic rings. The predicted molar refractivity (Wildman–Crippen MR) is 84.5 cm³/mol. The van der Waals surface area contributed by atoms with E-state index in [4.69, 9.17) is 4.74 Å². The number of β-lactam (4-membered cyclic amide) rings is 1. The lowest BCUT2D eigenvalue weighted by atomic mass is 9.78. The minimum absolute atomic E-state index is 0.0575. The molecule has 7 heteroatoms. The summed E-state index contributed by atoms with van der Waals surface area (Å²) in [6, 6.07) is -0.269. The number of carbonyl (C=O) groups excluding carboxylic acids is 3. The van der Waals surface area contributed by atoms with E-state index in [2.05, 4.69) is 10.2 Å². The number of hydrogen-bond donors (Lipinski definition) is 1. The van der Waals surface area contributed by atoms with E-state index in [0.717, 1.165) is 13.1 Å². The molecule has 0 saturated carbocycles. The molecule has 130 valence electrons. The molecule has 7 nitrogen and oxygen atoms in total. The fraction of sp³-hybridized carbons (Fsp3) is 0.812. The Kier molecular flexibility index (Phi) is 5.62. The molecule has 0 aromatic heterocycles. The highest BCUT2D eigenvalue weighted by atomic mass is 16.5. The van der Waals surface area contributed by atoms with Gasteiger partial charge in [-0.2, -0.15) is 0 Å². The minimum Gasteiger partial charge on any atom is -0.462 e. The van der Waals surface area contributed by atoms with E-state index < -0.39 is 12.0 Å². The van der Waals surface area contributed by atoms with Crippen LogP contribution in [-0.4, -0.2) is 73.0 Å². The van der Waals surface area contributed by atoms with Crippen molar-refractivity contribution in [3.8, 4) is 0 Å². The van der Waals surface area contributed by atoms with Crippen LogP contribution in [0.4, 0.5) is 0 Å². The van der Waals surface area contributed by atoms with Crippen molar-refractivity contribution < 1.29 is 19.1 Å². The highest BCUT2D eigenvalue weighted by Gasteiger charge is 2.49. The summed E-state index contributed by atoms with van der Waals surface area (Å²) >= 11 is 0. The van der Waals surface area contributed by atoms with Crippen molar-refractivity contribution in [2.45, 2.75) is 39.3 Å². The molecule has 2 saturated heterocycles. The normalized spacial score (nSPS) is 27.7. The number of nitrogens with zero attached hydrogens (tertiary/aromatic N) is 2. The van der Waals surface area contributed by atoms with E-state index in [0.29, 0.717) is 13.1 Å². The number of ether oxygens (including phenoxy) is 1. The molecule has 4 atom stereocenters. The third kappa shape index (κ3) is 3.83. The maximum Gasteiger partial charge on any atom is 0.305 e. The van der Waals surface area contributed by atoms with Crippen molar-refractivity contribution >= 4 is 17.8 Å². The van der Waals surface area contributed by atoms with Crippen LogP contribution >= 0.6 is 0 Å². The molecule has 23 heavy (non-hydrogen) atoms. The maximum atomic E-state index is 12.6. The van der Waals surface area contributed by atoms with Gasteiger partial charge in [0, 0.05) is 32.6 Å². The molecule has 0 aliphatic carbocycles. The summed E-state index contributed by atoms with van der Waals surface area (Å²) in [5.41, 5.74) is 0. The van der Waals surface area contributed by atoms with Gasteiger partial charge in [0.25, 0.3) is 0 Å². The van der Waals surface area contributed by atoms with Crippen LogP contribution in [0.25, 0.3) is 0 Å². The molecule has 2 aliphatic heterocycles. The molecule has 2 aliphatic rings. The lowest BCUT2D eigenvalue weighted by Crippen LogP contribution is -2.67. The standard InChI is InChI=1S/C16H27N3O4/c1-5-12(20)23-11(3)13-14(17-15(13)21)10(2)16(22)19-8-6-18(4)7-9-19/h10-11,13-14H,5-9H2,1-4H3,(H,17,21). The topological polar surface area (TPSA) is 78.9 Å². The number of likely N-dealkylation sites (N-methyl/N-ethyl adjacent to an activating group) is 1. The van der Waals surface area contributed by atoms with Gasteiger partial charge in [-0.05, 0) is 14.0 Å². The number of carbonyl (C=O) groups is 3. The summed E-state index contributed by atoms with van der Waals surface area (Å²) in [7, 11) is 2.04. The molecule has 0 bridgehead atoms. The van der Waals surface area contributed by atoms with Gasteiger partial charge in [-0.15, -0.1) is 0 Å². The highest BCUT2D eigenvalue weighted by Crippen LogP contribution is 2.28. The Hall–Kier alpha value is -1.63. The van der Waals surface area contributed by atoms with Crippen molar-refractivity contribution in [1.82, 2.24) is 15.1 Å². The summed E-state index contributed by atoms with van der Waals surface area (Å²) in [5.74, 6) is -1.18. The first-order valence-corrected chi connectivity index (χ1v) is 8.32. The second-order valence-electron chi connectivity index (χ2n) is 6.53. The third-order valence-electron chi connectivity index (χ3n) is 4.85. The Morgan fingerprint density at radius 2 is 1.87 bits per heavy atom. The van der Waals surface area contributed by atoms with Gasteiger partial charge < -0.3 is 19.9 Å². The van der Waals surface area contributed by atoms with Crippen molar-refractivity contribution in [3.63, 3.8) is 0 Å². The first-order valence-electron chi connectivity index (χ1n) is 8.32. The van der Waals surface area contributed by atoms with Gasteiger partial charge in [0.2, 0.25) is 11.8 Å². The lowest BCUT2D eigenvalue weighted by Gasteiger charge is -2.44. The van der Waals surface area contributed by atoms with Gasteiger partial charge in [0.1, 0.15) is 6.10 Å². The Bertz CT molecular complexity index is 474. The zero-order chi connectivity index (χ0) is 17.1. The second kappa shape index (κ2) is 7.29. The Balaban J connectivity index is 1.95. The smallest absolute Gasteiger partial charge is 0.305 e. The van der Waals surface area contributed by atoms with Gasteiger partial charge in [-0.25, -0.2) is 0 Å². The monoisotopic (exact) mass is 325 g/mol. The van der Waals surface area contributed by atoms with E-state index in [1.165, 1.54) is 0 Å². The van der Waals surface area contributed by atoms with Crippen LogP contribution in [-0.2, 0) is 19.1 Å². The zero-order valence-corrected chi connectivity index (χ0v) is 14.4. The van der Waals surface area contributed by atoms with E-state index in [1.807, 2.05) is 18.9 Å². The number of amides is 2. The molecule has 2 rings (SSSR count). The van der Waals surface area contributed by atoms with E-state index in [9.17, 15) is 14.4 Å². The summed E-state index contributed by atoms with van der Waals surface area (Å²) in [4.78, 5) is 40.0. The Morgan fingerprint density at radius 3 is 2.39 bits per heavy atom. The quantitative estimate of drug-likeness (QED) is 0.562. The van der Waals surface area contributed by atoms with Crippen molar-refractivity contribution in [3.05, 3.63) is 0 Å². The van der Waals surface area contributed by atoms with E-state index in [-0.39, 0.29) is 36.2 Å². The van der Waals surface area contributed by atoms with Crippen molar-refractivity contribution in [1.29, 1.82) is 0 Å². The Morgan fingerprint density at radius 1 is 1.26 bits per heavy atom. The molecule has 2 fully saturated rings. The average Bonchev–Trinajstić information content (AvgIpc) is 2.51. The number of hydrogen-bond acceptors (Lipinski definition) is 5. The lowest BCUT2D eigenvalue weighted by molar-refractivity contribution is -0.160. The molecular formula is C16H27N3O4. The van der Waals surface area contributed by atoms with Crippen LogP contribution in [0.15, 0.2) is 0 Å². The first kappa shape index (κ1) is 17.7. The van der Waals surface area contributed by atoms with Crippen LogP contribution in [0, 0.1) is 11.8 Å². The van der Waals surface area contributed by atoms with Crippen LogP contribution < -0.4 is 5.32 Å². The number of esters is 1. The SMILES string of the molecule is CCC(=O)OC(C)C1C(=O)NC1C(C)C(=O)N1CCN(C)CC1. The van der Waals surface area contributed by atoms with Crippen LogP contribution in [0.1, 0.15) is 27.2 Å². The van der Waals surface area contributed by atoms with Gasteiger partial charge in [0.05, 0.1) is 17.9 Å². The summed E-state index contributed by atoms with van der Waals surface area (Å²) in [6.07, 6.45) is -0.233. The van der Waals surface area contributed by atoms with Gasteiger partial charge >= 0.3 is 5.97 Å². The highest BCUT2D eigenvalue weighted by molar-refractivity contribution is 5.90. The molecule has 1 N–H and O–H groups in total. The molecular weight excluding hydrogens is 298 g/mol. The summed E-state index contributed by atoms with van der Waals surface area (Å²) in [5, 5.41) is 2.81. The average molecular weight is 325 g/mol. The molecule has 0 aromatic carbocycles. The van der Waals surface area contributed by atoms with Crippen molar-refractivity contribution in [2.75, 3.05) is 33.2 Å². The second-order valence-corrected chi connectivity index (χ2v) is 6.53. The molecule has 0 spiro atoms. The number of rotatable bonds is 5. The van der Waals surface area contributed by atoms with Crippen LogP contribution in [0.2, 0.25) is 0 Å². The fourth-order valence-corrected chi connectivity index (χ4v) is 3.19. The minimum atomic E-state index is -0.510. The molecule has 2 amide bonds. The largest absolute Gasteiger partial charge is 0.462 e. The first-order chi connectivity index (χ1) is 10.8. The molecule has 2 heterocycles. The van der Waals surface area contributed by atoms with Gasteiger partial charge in [-0.1, -0.05) is 13.8 Å². The molecule has 0 radical (unpaired) electrons. The number of piperazine rings is 1. The van der Waals surface area contributed by atoms with Gasteiger partial charge in [-0.3, -0.25) is 14.4 Å².